The fraction of sp³-hybridized carbons (Fsp3) is 0.500. The number of ketones is 1. The first-order valence-electron chi connectivity index (χ1n) is 6.10. The first-order valence-corrected chi connectivity index (χ1v) is 6.10. The summed E-state index contributed by atoms with van der Waals surface area (Å²) in [6.45, 7) is 0. The van der Waals surface area contributed by atoms with Crippen LogP contribution in [0.1, 0.15) is 31.2 Å². The number of Topliss-reactive ketones (excluding diaryl/α,β-unsaturated/α-hetero) is 1. The van der Waals surface area contributed by atoms with Crippen molar-refractivity contribution in [2.45, 2.75) is 32.1 Å². The summed E-state index contributed by atoms with van der Waals surface area (Å²) < 4.78 is 5.19. The summed E-state index contributed by atoms with van der Waals surface area (Å²) in [5.41, 5.74) is 0.924. The number of hydrogen-bond donors (Lipinski definition) is 1. The molecule has 0 radical (unpaired) electrons. The molecule has 0 saturated heterocycles. The van der Waals surface area contributed by atoms with E-state index >= 15 is 0 Å². The van der Waals surface area contributed by atoms with Gasteiger partial charge in [0.2, 0.25) is 0 Å². The van der Waals surface area contributed by atoms with Crippen LogP contribution in [0.4, 0.5) is 0 Å². The molecule has 1 aliphatic carbocycles. The summed E-state index contributed by atoms with van der Waals surface area (Å²) in [5, 5.41) is 9.68. The van der Waals surface area contributed by atoms with Gasteiger partial charge >= 0.3 is 0 Å². The Hall–Kier alpha value is -1.51. The highest BCUT2D eigenvalue weighted by Crippen LogP contribution is 2.33. The molecule has 1 aromatic carbocycles. The number of methoxy groups -OCH3 is 1. The molecule has 1 unspecified atom stereocenters. The van der Waals surface area contributed by atoms with Crippen LogP contribution >= 0.6 is 0 Å². The van der Waals surface area contributed by atoms with Crippen molar-refractivity contribution in [2.24, 2.45) is 5.92 Å². The maximum Gasteiger partial charge on any atom is 0.163 e. The quantitative estimate of drug-likeness (QED) is 0.874. The molecule has 17 heavy (non-hydrogen) atoms. The van der Waals surface area contributed by atoms with Gasteiger partial charge in [0.15, 0.2) is 11.5 Å². The van der Waals surface area contributed by atoms with Crippen LogP contribution < -0.4 is 4.74 Å². The van der Waals surface area contributed by atoms with Crippen LogP contribution in [-0.2, 0) is 11.2 Å². The highest BCUT2D eigenvalue weighted by Gasteiger charge is 2.23. The molecule has 2 rings (SSSR count). The maximum atomic E-state index is 11.8. The molecule has 1 fully saturated rings. The number of hydrogen-bond acceptors (Lipinski definition) is 3. The van der Waals surface area contributed by atoms with Crippen molar-refractivity contribution < 1.29 is 14.6 Å². The van der Waals surface area contributed by atoms with Gasteiger partial charge in [0.25, 0.3) is 0 Å². The summed E-state index contributed by atoms with van der Waals surface area (Å²) in [6, 6.07) is 5.31. The predicted molar refractivity (Wildman–Crippen MR) is 65.3 cm³/mol. The lowest BCUT2D eigenvalue weighted by atomic mass is 9.83. The Kier molecular flexibility index (Phi) is 3.67. The average molecular weight is 234 g/mol. The lowest BCUT2D eigenvalue weighted by Gasteiger charge is -2.21. The average Bonchev–Trinajstić information content (AvgIpc) is 2.32. The predicted octanol–water partition coefficient (Wildman–Crippen LogP) is 2.70. The highest BCUT2D eigenvalue weighted by atomic mass is 16.5. The molecule has 92 valence electrons. The highest BCUT2D eigenvalue weighted by molar-refractivity contribution is 5.82. The first-order chi connectivity index (χ1) is 8.22. The van der Waals surface area contributed by atoms with Gasteiger partial charge in [0.05, 0.1) is 7.11 Å². The number of benzene rings is 1. The van der Waals surface area contributed by atoms with Gasteiger partial charge in [0, 0.05) is 12.3 Å². The maximum absolute atomic E-state index is 11.8. The van der Waals surface area contributed by atoms with Gasteiger partial charge in [-0.2, -0.15) is 0 Å². The van der Waals surface area contributed by atoms with E-state index < -0.39 is 0 Å². The van der Waals surface area contributed by atoms with Crippen LogP contribution in [0.3, 0.4) is 0 Å². The molecule has 0 bridgehead atoms. The molecule has 1 N–H and O–H groups in total. The number of rotatable bonds is 3. The summed E-state index contributed by atoms with van der Waals surface area (Å²) in [7, 11) is 1.54. The second kappa shape index (κ2) is 5.21. The number of phenolic OH excluding ortho intramolecular Hbond substituents is 1. The van der Waals surface area contributed by atoms with Crippen LogP contribution in [-0.4, -0.2) is 18.0 Å². The van der Waals surface area contributed by atoms with Gasteiger partial charge in [-0.05, 0) is 30.9 Å². The topological polar surface area (TPSA) is 46.5 Å². The molecule has 0 aromatic heterocycles. The number of carbonyl (C=O) groups is 1. The van der Waals surface area contributed by atoms with Crippen molar-refractivity contribution >= 4 is 5.78 Å². The van der Waals surface area contributed by atoms with E-state index in [1.807, 2.05) is 6.07 Å². The van der Waals surface area contributed by atoms with Crippen molar-refractivity contribution in [3.8, 4) is 11.5 Å². The van der Waals surface area contributed by atoms with Crippen LogP contribution in [0.2, 0.25) is 0 Å². The number of para-hydroxylation sites is 1. The third-order valence-electron chi connectivity index (χ3n) is 3.43. The van der Waals surface area contributed by atoms with E-state index in [1.54, 1.807) is 19.2 Å². The zero-order chi connectivity index (χ0) is 12.3. The van der Waals surface area contributed by atoms with Gasteiger partial charge in [-0.1, -0.05) is 18.6 Å². The summed E-state index contributed by atoms with van der Waals surface area (Å²) in [4.78, 5) is 11.8. The SMILES string of the molecule is COc1c(O)cccc1CC1CCCCC1=O. The van der Waals surface area contributed by atoms with E-state index in [2.05, 4.69) is 0 Å². The molecule has 1 atom stereocenters. The van der Waals surface area contributed by atoms with Crippen molar-refractivity contribution in [3.05, 3.63) is 23.8 Å². The Morgan fingerprint density at radius 1 is 1.41 bits per heavy atom. The monoisotopic (exact) mass is 234 g/mol. The Labute approximate surface area is 101 Å². The summed E-state index contributed by atoms with van der Waals surface area (Å²) in [6.07, 6.45) is 4.48. The lowest BCUT2D eigenvalue weighted by Crippen LogP contribution is -2.21. The smallest absolute Gasteiger partial charge is 0.163 e. The molecule has 1 aromatic rings. The Morgan fingerprint density at radius 3 is 2.94 bits per heavy atom. The van der Waals surface area contributed by atoms with Gasteiger partial charge in [-0.15, -0.1) is 0 Å². The Balaban J connectivity index is 2.17. The van der Waals surface area contributed by atoms with Crippen LogP contribution in [0.15, 0.2) is 18.2 Å². The molecule has 1 saturated carbocycles. The number of ether oxygens (including phenoxy) is 1. The minimum absolute atomic E-state index is 0.0967. The van der Waals surface area contributed by atoms with Gasteiger partial charge < -0.3 is 9.84 Å². The van der Waals surface area contributed by atoms with E-state index in [0.717, 1.165) is 24.8 Å². The first kappa shape index (κ1) is 12.0. The molecule has 0 spiro atoms. The van der Waals surface area contributed by atoms with E-state index in [9.17, 15) is 9.90 Å². The molecule has 3 nitrogen and oxygen atoms in total. The van der Waals surface area contributed by atoms with Gasteiger partial charge in [-0.3, -0.25) is 4.79 Å². The van der Waals surface area contributed by atoms with Crippen molar-refractivity contribution in [3.63, 3.8) is 0 Å². The molecule has 0 amide bonds. The lowest BCUT2D eigenvalue weighted by molar-refractivity contribution is -0.124. The summed E-state index contributed by atoms with van der Waals surface area (Å²) in [5.74, 6) is 1.10. The van der Waals surface area contributed by atoms with E-state index in [4.69, 9.17) is 4.74 Å². The van der Waals surface area contributed by atoms with E-state index in [1.165, 1.54) is 0 Å². The number of aromatic hydroxyl groups is 1. The molecular formula is C14H18O3. The van der Waals surface area contributed by atoms with Gasteiger partial charge in [0.1, 0.15) is 5.78 Å². The normalized spacial score (nSPS) is 20.3. The zero-order valence-corrected chi connectivity index (χ0v) is 10.1. The van der Waals surface area contributed by atoms with E-state index in [0.29, 0.717) is 24.4 Å². The molecule has 0 aliphatic heterocycles. The molecule has 3 heteroatoms. The fourth-order valence-electron chi connectivity index (χ4n) is 2.50. The van der Waals surface area contributed by atoms with Crippen molar-refractivity contribution in [2.75, 3.05) is 7.11 Å². The van der Waals surface area contributed by atoms with Crippen molar-refractivity contribution in [1.82, 2.24) is 0 Å². The molecule has 0 heterocycles. The van der Waals surface area contributed by atoms with Crippen molar-refractivity contribution in [1.29, 1.82) is 0 Å². The van der Waals surface area contributed by atoms with Crippen LogP contribution in [0.5, 0.6) is 11.5 Å². The van der Waals surface area contributed by atoms with Gasteiger partial charge in [-0.25, -0.2) is 0 Å². The second-order valence-electron chi connectivity index (χ2n) is 4.58. The van der Waals surface area contributed by atoms with Crippen LogP contribution in [0.25, 0.3) is 0 Å². The third kappa shape index (κ3) is 2.60. The fourth-order valence-corrected chi connectivity index (χ4v) is 2.50. The Bertz CT molecular complexity index is 412. The number of carbonyl (C=O) groups excluding carboxylic acids is 1. The largest absolute Gasteiger partial charge is 0.504 e. The zero-order valence-electron chi connectivity index (χ0n) is 10.1. The molecular weight excluding hydrogens is 216 g/mol. The summed E-state index contributed by atoms with van der Waals surface area (Å²) >= 11 is 0. The Morgan fingerprint density at radius 2 is 2.24 bits per heavy atom. The standard InChI is InChI=1S/C14H18O3/c1-17-14-11(6-4-8-13(14)16)9-10-5-2-3-7-12(10)15/h4,6,8,10,16H,2-3,5,7,9H2,1H3. The minimum atomic E-state index is 0.0967. The van der Waals surface area contributed by atoms with E-state index in [-0.39, 0.29) is 11.7 Å². The second-order valence-corrected chi connectivity index (χ2v) is 4.58. The third-order valence-corrected chi connectivity index (χ3v) is 3.43. The molecule has 1 aliphatic rings. The minimum Gasteiger partial charge on any atom is -0.504 e. The van der Waals surface area contributed by atoms with Crippen LogP contribution in [0, 0.1) is 5.92 Å². The number of phenols is 1.